The van der Waals surface area contributed by atoms with Gasteiger partial charge in [0.25, 0.3) is 5.91 Å². The van der Waals surface area contributed by atoms with E-state index in [9.17, 15) is 14.7 Å². The number of aliphatic hydroxyl groups excluding tert-OH is 1. The summed E-state index contributed by atoms with van der Waals surface area (Å²) in [7, 11) is 0. The van der Waals surface area contributed by atoms with Crippen molar-refractivity contribution in [2.75, 3.05) is 55.6 Å². The number of nitrogens with zero attached hydrogens (tertiary/aromatic N) is 5. The zero-order valence-electron chi connectivity index (χ0n) is 18.3. The molecule has 168 valence electrons. The number of rotatable bonds is 4. The first-order valence-corrected chi connectivity index (χ1v) is 10.4. The summed E-state index contributed by atoms with van der Waals surface area (Å²) in [5, 5.41) is 12.5. The highest BCUT2D eigenvalue weighted by Crippen LogP contribution is 2.23. The molecule has 0 bridgehead atoms. The first kappa shape index (κ1) is 22.6. The molecule has 0 spiro atoms. The first-order valence-electron chi connectivity index (χ1n) is 10.4. The average molecular weight is 431 g/mol. The van der Waals surface area contributed by atoms with Crippen molar-refractivity contribution in [1.82, 2.24) is 20.2 Å². The van der Waals surface area contributed by atoms with Crippen LogP contribution >= 0.6 is 0 Å². The second kappa shape index (κ2) is 9.39. The number of piperazine rings is 1. The molecule has 0 aliphatic carbocycles. The average Bonchev–Trinajstić information content (AvgIpc) is 3.17. The van der Waals surface area contributed by atoms with Gasteiger partial charge in [-0.25, -0.2) is 9.78 Å². The van der Waals surface area contributed by atoms with E-state index >= 15 is 0 Å². The molecule has 2 saturated heterocycles. The number of aromatic nitrogens is 2. The molecule has 2 aliphatic rings. The van der Waals surface area contributed by atoms with Crippen LogP contribution in [-0.4, -0.2) is 89.5 Å². The summed E-state index contributed by atoms with van der Waals surface area (Å²) in [6, 6.07) is 1.62. The predicted molar refractivity (Wildman–Crippen MR) is 116 cm³/mol. The first-order chi connectivity index (χ1) is 14.7. The molecule has 3 heterocycles. The third-order valence-electron chi connectivity index (χ3n) is 4.99. The Kier molecular flexibility index (Phi) is 6.85. The van der Waals surface area contributed by atoms with Gasteiger partial charge in [0.15, 0.2) is 0 Å². The molecule has 3 rings (SSSR count). The molecule has 2 N–H and O–H groups in total. The van der Waals surface area contributed by atoms with Gasteiger partial charge in [-0.15, -0.1) is 6.42 Å². The molecule has 1 atom stereocenters. The van der Waals surface area contributed by atoms with E-state index in [0.717, 1.165) is 0 Å². The van der Waals surface area contributed by atoms with Gasteiger partial charge >= 0.3 is 6.09 Å². The van der Waals surface area contributed by atoms with E-state index in [4.69, 9.17) is 11.2 Å². The van der Waals surface area contributed by atoms with Crippen LogP contribution in [0.3, 0.4) is 0 Å². The monoisotopic (exact) mass is 430 g/mol. The number of carbonyl (C=O) groups is 2. The molecule has 2 amide bonds. The van der Waals surface area contributed by atoms with Gasteiger partial charge in [-0.2, -0.15) is 4.98 Å². The van der Waals surface area contributed by atoms with Gasteiger partial charge in [0.05, 0.1) is 12.6 Å². The van der Waals surface area contributed by atoms with Crippen LogP contribution in [-0.2, 0) is 4.74 Å². The highest BCUT2D eigenvalue weighted by molar-refractivity contribution is 5.93. The summed E-state index contributed by atoms with van der Waals surface area (Å²) in [4.78, 5) is 39.4. The smallest absolute Gasteiger partial charge is 0.410 e. The largest absolute Gasteiger partial charge is 0.444 e. The lowest BCUT2D eigenvalue weighted by molar-refractivity contribution is 0.0240. The number of terminal acetylenes is 1. The SMILES string of the molecule is C#CCNC(=O)c1cc(N2CC[C@H](O)C2)nc(N2CCN(C(=O)OC(C)(C)C)CC2)n1. The van der Waals surface area contributed by atoms with Crippen LogP contribution in [0.1, 0.15) is 37.7 Å². The standard InChI is InChI=1S/C21H30N6O4/c1-5-7-22-18(29)16-13-17(27-8-6-15(28)14-27)24-19(23-16)25-9-11-26(12-10-25)20(30)31-21(2,3)4/h1,13,15,28H,6-12,14H2,2-4H3,(H,22,29)/t15-/m0/s1. The number of amides is 2. The van der Waals surface area contributed by atoms with Crippen molar-refractivity contribution in [2.24, 2.45) is 0 Å². The molecule has 2 aliphatic heterocycles. The van der Waals surface area contributed by atoms with E-state index in [1.165, 1.54) is 0 Å². The van der Waals surface area contributed by atoms with Crippen molar-refractivity contribution >= 4 is 23.8 Å². The molecule has 2 fully saturated rings. The molecule has 0 radical (unpaired) electrons. The van der Waals surface area contributed by atoms with Crippen LogP contribution in [0.2, 0.25) is 0 Å². The van der Waals surface area contributed by atoms with Crippen molar-refractivity contribution in [3.05, 3.63) is 11.8 Å². The van der Waals surface area contributed by atoms with Crippen molar-refractivity contribution in [3.63, 3.8) is 0 Å². The van der Waals surface area contributed by atoms with Gasteiger partial charge in [-0.1, -0.05) is 5.92 Å². The Bertz CT molecular complexity index is 854. The van der Waals surface area contributed by atoms with E-state index < -0.39 is 11.7 Å². The van der Waals surface area contributed by atoms with Crippen LogP contribution < -0.4 is 15.1 Å². The molecule has 0 unspecified atom stereocenters. The maximum atomic E-state index is 12.5. The van der Waals surface area contributed by atoms with Gasteiger partial charge < -0.3 is 29.9 Å². The maximum Gasteiger partial charge on any atom is 0.410 e. The topological polar surface area (TPSA) is 111 Å². The van der Waals surface area contributed by atoms with Crippen LogP contribution in [0.25, 0.3) is 0 Å². The number of ether oxygens (including phenoxy) is 1. The predicted octanol–water partition coefficient (Wildman–Crippen LogP) is 0.468. The maximum absolute atomic E-state index is 12.5. The summed E-state index contributed by atoms with van der Waals surface area (Å²) >= 11 is 0. The summed E-state index contributed by atoms with van der Waals surface area (Å²) in [5.41, 5.74) is -0.335. The zero-order valence-corrected chi connectivity index (χ0v) is 18.3. The van der Waals surface area contributed by atoms with Crippen LogP contribution in [0, 0.1) is 12.3 Å². The Balaban J connectivity index is 1.76. The van der Waals surface area contributed by atoms with Crippen LogP contribution in [0.15, 0.2) is 6.07 Å². The Labute approximate surface area is 182 Å². The van der Waals surface area contributed by atoms with E-state index in [1.807, 2.05) is 30.6 Å². The number of hydrogen-bond donors (Lipinski definition) is 2. The molecular formula is C21H30N6O4. The molecule has 0 aromatic carbocycles. The minimum atomic E-state index is -0.549. The Hall–Kier alpha value is -3.06. The number of hydrogen-bond acceptors (Lipinski definition) is 8. The summed E-state index contributed by atoms with van der Waals surface area (Å²) in [6.07, 6.45) is 5.12. The van der Waals surface area contributed by atoms with Crippen LogP contribution in [0.4, 0.5) is 16.6 Å². The summed E-state index contributed by atoms with van der Waals surface area (Å²) in [6.45, 7) is 8.66. The van der Waals surface area contributed by atoms with Crippen molar-refractivity contribution < 1.29 is 19.4 Å². The lowest BCUT2D eigenvalue weighted by Crippen LogP contribution is -2.50. The number of aliphatic hydroxyl groups is 1. The highest BCUT2D eigenvalue weighted by atomic mass is 16.6. The van der Waals surface area contributed by atoms with Gasteiger partial charge in [-0.3, -0.25) is 4.79 Å². The molecular weight excluding hydrogens is 400 g/mol. The second-order valence-electron chi connectivity index (χ2n) is 8.64. The van der Waals surface area contributed by atoms with E-state index in [1.54, 1.807) is 11.0 Å². The fourth-order valence-electron chi connectivity index (χ4n) is 3.43. The lowest BCUT2D eigenvalue weighted by atomic mass is 10.2. The summed E-state index contributed by atoms with van der Waals surface area (Å²) in [5.74, 6) is 2.99. The van der Waals surface area contributed by atoms with E-state index in [0.29, 0.717) is 57.5 Å². The number of β-amino-alcohol motifs (C(OH)–C–C–N with tert-alkyl or cyclic N) is 1. The van der Waals surface area contributed by atoms with E-state index in [2.05, 4.69) is 21.2 Å². The Morgan fingerprint density at radius 2 is 1.94 bits per heavy atom. The van der Waals surface area contributed by atoms with Crippen molar-refractivity contribution in [3.8, 4) is 12.3 Å². The van der Waals surface area contributed by atoms with Gasteiger partial charge in [0.1, 0.15) is 17.1 Å². The molecule has 10 nitrogen and oxygen atoms in total. The minimum absolute atomic E-state index is 0.102. The Morgan fingerprint density at radius 1 is 1.23 bits per heavy atom. The van der Waals surface area contributed by atoms with Crippen molar-refractivity contribution in [1.29, 1.82) is 0 Å². The molecule has 31 heavy (non-hydrogen) atoms. The fourth-order valence-corrected chi connectivity index (χ4v) is 3.43. The van der Waals surface area contributed by atoms with E-state index in [-0.39, 0.29) is 24.2 Å². The molecule has 10 heteroatoms. The third kappa shape index (κ3) is 5.98. The quantitative estimate of drug-likeness (QED) is 0.663. The van der Waals surface area contributed by atoms with Gasteiger partial charge in [0.2, 0.25) is 5.95 Å². The lowest BCUT2D eigenvalue weighted by Gasteiger charge is -2.36. The second-order valence-corrected chi connectivity index (χ2v) is 8.64. The zero-order chi connectivity index (χ0) is 22.6. The Morgan fingerprint density at radius 3 is 2.52 bits per heavy atom. The normalized spacial score (nSPS) is 19.2. The summed E-state index contributed by atoms with van der Waals surface area (Å²) < 4.78 is 5.44. The highest BCUT2D eigenvalue weighted by Gasteiger charge is 2.29. The number of carbonyl (C=O) groups excluding carboxylic acids is 2. The van der Waals surface area contributed by atoms with Gasteiger partial charge in [0, 0.05) is 45.3 Å². The molecule has 1 aromatic rings. The van der Waals surface area contributed by atoms with Crippen LogP contribution in [0.5, 0.6) is 0 Å². The van der Waals surface area contributed by atoms with Gasteiger partial charge in [-0.05, 0) is 27.2 Å². The number of nitrogens with one attached hydrogen (secondary N) is 1. The van der Waals surface area contributed by atoms with Crippen molar-refractivity contribution in [2.45, 2.75) is 38.9 Å². The minimum Gasteiger partial charge on any atom is -0.444 e. The number of anilines is 2. The third-order valence-corrected chi connectivity index (χ3v) is 4.99. The molecule has 1 aromatic heterocycles. The molecule has 0 saturated carbocycles. The fraction of sp³-hybridized carbons (Fsp3) is 0.619.